The fourth-order valence-electron chi connectivity index (χ4n) is 4.83. The maximum Gasteiger partial charge on any atom is 0.123 e. The first-order valence-electron chi connectivity index (χ1n) is 9.30. The van der Waals surface area contributed by atoms with Gasteiger partial charge in [0.25, 0.3) is 0 Å². The van der Waals surface area contributed by atoms with Crippen molar-refractivity contribution in [2.75, 3.05) is 13.1 Å². The van der Waals surface area contributed by atoms with Gasteiger partial charge < -0.3 is 9.67 Å². The molecule has 1 saturated heterocycles. The lowest BCUT2D eigenvalue weighted by atomic mass is 9.67. The van der Waals surface area contributed by atoms with Crippen LogP contribution in [0, 0.1) is 17.7 Å². The van der Waals surface area contributed by atoms with E-state index in [2.05, 4.69) is 21.4 Å². The molecule has 4 rings (SSSR count). The van der Waals surface area contributed by atoms with Crippen molar-refractivity contribution in [1.82, 2.24) is 14.5 Å². The number of imidazole rings is 1. The average molecular weight is 343 g/mol. The molecule has 0 spiro atoms. The molecule has 2 aliphatic rings. The Bertz CT molecular complexity index is 729. The molecule has 1 aliphatic heterocycles. The third-order valence-corrected chi connectivity index (χ3v) is 6.13. The van der Waals surface area contributed by atoms with Crippen molar-refractivity contribution in [2.45, 2.75) is 44.9 Å². The highest BCUT2D eigenvalue weighted by molar-refractivity contribution is 5.26. The fraction of sp³-hybridized carbons (Fsp3) is 0.550. The number of halogens is 1. The number of fused-ring (bicyclic) bond motifs is 1. The normalized spacial score (nSPS) is 29.7. The minimum absolute atomic E-state index is 0.213. The van der Waals surface area contributed by atoms with Gasteiger partial charge in [0.15, 0.2) is 0 Å². The number of hydrogen-bond acceptors (Lipinski definition) is 3. The molecule has 5 heteroatoms. The number of aromatic nitrogens is 2. The number of aliphatic hydroxyl groups is 1. The molecule has 25 heavy (non-hydrogen) atoms. The Kier molecular flexibility index (Phi) is 4.38. The van der Waals surface area contributed by atoms with Gasteiger partial charge in [-0.3, -0.25) is 4.90 Å². The number of likely N-dealkylation sites (tertiary alicyclic amines) is 1. The molecule has 3 atom stereocenters. The summed E-state index contributed by atoms with van der Waals surface area (Å²) in [6.07, 6.45) is 6.78. The third-order valence-electron chi connectivity index (χ3n) is 6.13. The molecule has 1 saturated carbocycles. The SMILES string of the molecule is CCn1cncc1CN1CC2CCCC(O)(c3ccc(F)cc3)C2C1. The zero-order valence-corrected chi connectivity index (χ0v) is 14.7. The molecule has 1 N–H and O–H groups in total. The largest absolute Gasteiger partial charge is 0.385 e. The molecule has 4 nitrogen and oxygen atoms in total. The molecule has 0 bridgehead atoms. The van der Waals surface area contributed by atoms with Gasteiger partial charge in [0.2, 0.25) is 0 Å². The van der Waals surface area contributed by atoms with E-state index in [-0.39, 0.29) is 11.7 Å². The number of hydrogen-bond donors (Lipinski definition) is 1. The summed E-state index contributed by atoms with van der Waals surface area (Å²) in [5, 5.41) is 11.5. The summed E-state index contributed by atoms with van der Waals surface area (Å²) in [6.45, 7) is 5.83. The van der Waals surface area contributed by atoms with E-state index in [1.807, 2.05) is 12.5 Å². The lowest BCUT2D eigenvalue weighted by Gasteiger charge is -2.41. The minimum Gasteiger partial charge on any atom is -0.385 e. The molecule has 2 aromatic rings. The molecular weight excluding hydrogens is 317 g/mol. The second-order valence-electron chi connectivity index (χ2n) is 7.56. The van der Waals surface area contributed by atoms with Gasteiger partial charge >= 0.3 is 0 Å². The van der Waals surface area contributed by atoms with E-state index >= 15 is 0 Å². The van der Waals surface area contributed by atoms with Crippen LogP contribution in [0.3, 0.4) is 0 Å². The number of rotatable bonds is 4. The molecule has 134 valence electrons. The molecule has 1 aromatic carbocycles. The lowest BCUT2D eigenvalue weighted by molar-refractivity contribution is -0.0649. The van der Waals surface area contributed by atoms with Gasteiger partial charge in [0.05, 0.1) is 17.6 Å². The summed E-state index contributed by atoms with van der Waals surface area (Å²) in [5.74, 6) is 0.465. The first-order valence-corrected chi connectivity index (χ1v) is 9.30. The molecule has 2 heterocycles. The molecule has 0 amide bonds. The van der Waals surface area contributed by atoms with Gasteiger partial charge in [0.1, 0.15) is 5.82 Å². The van der Waals surface area contributed by atoms with Crippen molar-refractivity contribution < 1.29 is 9.50 Å². The van der Waals surface area contributed by atoms with Crippen LogP contribution in [-0.4, -0.2) is 32.6 Å². The van der Waals surface area contributed by atoms with E-state index in [0.717, 1.165) is 51.0 Å². The van der Waals surface area contributed by atoms with Crippen LogP contribution in [0.2, 0.25) is 0 Å². The first-order chi connectivity index (χ1) is 12.1. The predicted molar refractivity (Wildman–Crippen MR) is 94.3 cm³/mol. The minimum atomic E-state index is -0.837. The van der Waals surface area contributed by atoms with E-state index in [1.165, 1.54) is 17.8 Å². The highest BCUT2D eigenvalue weighted by Gasteiger charge is 2.49. The van der Waals surface area contributed by atoms with Gasteiger partial charge in [-0.25, -0.2) is 9.37 Å². The summed E-state index contributed by atoms with van der Waals surface area (Å²) in [7, 11) is 0. The lowest BCUT2D eigenvalue weighted by Crippen LogP contribution is -2.42. The summed E-state index contributed by atoms with van der Waals surface area (Å²) in [5.41, 5.74) is 1.26. The quantitative estimate of drug-likeness (QED) is 0.927. The van der Waals surface area contributed by atoms with Gasteiger partial charge in [-0.2, -0.15) is 0 Å². The number of aryl methyl sites for hydroxylation is 1. The third kappa shape index (κ3) is 3.00. The Morgan fingerprint density at radius 1 is 1.28 bits per heavy atom. The Balaban J connectivity index is 1.55. The molecular formula is C20H26FN3O. The highest BCUT2D eigenvalue weighted by Crippen LogP contribution is 2.48. The monoisotopic (exact) mass is 343 g/mol. The van der Waals surface area contributed by atoms with Crippen molar-refractivity contribution in [2.24, 2.45) is 11.8 Å². The Labute approximate surface area is 148 Å². The van der Waals surface area contributed by atoms with E-state index in [9.17, 15) is 9.50 Å². The second kappa shape index (κ2) is 6.54. The van der Waals surface area contributed by atoms with Crippen LogP contribution < -0.4 is 0 Å². The van der Waals surface area contributed by atoms with E-state index < -0.39 is 5.60 Å². The molecule has 3 unspecified atom stereocenters. The average Bonchev–Trinajstić information content (AvgIpc) is 3.23. The zero-order chi connectivity index (χ0) is 17.4. The van der Waals surface area contributed by atoms with Crippen LogP contribution in [0.1, 0.15) is 37.4 Å². The van der Waals surface area contributed by atoms with Crippen molar-refractivity contribution in [3.05, 3.63) is 53.9 Å². The Hall–Kier alpha value is -1.72. The van der Waals surface area contributed by atoms with Gasteiger partial charge in [-0.05, 0) is 49.8 Å². The Morgan fingerprint density at radius 3 is 2.84 bits per heavy atom. The smallest absolute Gasteiger partial charge is 0.123 e. The van der Waals surface area contributed by atoms with Crippen molar-refractivity contribution >= 4 is 0 Å². The summed E-state index contributed by atoms with van der Waals surface area (Å²) >= 11 is 0. The van der Waals surface area contributed by atoms with Crippen LogP contribution >= 0.6 is 0 Å². The van der Waals surface area contributed by atoms with Gasteiger partial charge in [-0.15, -0.1) is 0 Å². The fourth-order valence-corrected chi connectivity index (χ4v) is 4.83. The first kappa shape index (κ1) is 16.7. The summed E-state index contributed by atoms with van der Waals surface area (Å²) < 4.78 is 15.5. The van der Waals surface area contributed by atoms with Crippen LogP contribution in [0.15, 0.2) is 36.8 Å². The van der Waals surface area contributed by atoms with Gasteiger partial charge in [-0.1, -0.05) is 12.1 Å². The van der Waals surface area contributed by atoms with E-state index in [4.69, 9.17) is 0 Å². The highest BCUT2D eigenvalue weighted by atomic mass is 19.1. The maximum absolute atomic E-state index is 13.3. The predicted octanol–water partition coefficient (Wildman–Crippen LogP) is 3.16. The summed E-state index contributed by atoms with van der Waals surface area (Å²) in [4.78, 5) is 6.70. The van der Waals surface area contributed by atoms with E-state index in [1.54, 1.807) is 12.1 Å². The maximum atomic E-state index is 13.3. The van der Waals surface area contributed by atoms with E-state index in [0.29, 0.717) is 5.92 Å². The molecule has 0 radical (unpaired) electrons. The second-order valence-corrected chi connectivity index (χ2v) is 7.56. The topological polar surface area (TPSA) is 41.3 Å². The van der Waals surface area contributed by atoms with Crippen LogP contribution in [-0.2, 0) is 18.7 Å². The van der Waals surface area contributed by atoms with Gasteiger partial charge in [0, 0.05) is 38.3 Å². The summed E-state index contributed by atoms with van der Waals surface area (Å²) in [6, 6.07) is 6.44. The van der Waals surface area contributed by atoms with Crippen LogP contribution in [0.5, 0.6) is 0 Å². The number of nitrogens with zero attached hydrogens (tertiary/aromatic N) is 3. The van der Waals surface area contributed by atoms with Crippen molar-refractivity contribution in [3.8, 4) is 0 Å². The van der Waals surface area contributed by atoms with Crippen molar-refractivity contribution in [3.63, 3.8) is 0 Å². The zero-order valence-electron chi connectivity index (χ0n) is 14.7. The molecule has 1 aliphatic carbocycles. The molecule has 1 aromatic heterocycles. The standard InChI is InChI=1S/C20H26FN3O/c1-2-24-14-22-10-18(24)12-23-11-15-4-3-9-20(25,19(15)13-23)16-5-7-17(21)8-6-16/h5-8,10,14-15,19,25H,2-4,9,11-13H2,1H3. The molecule has 2 fully saturated rings. The Morgan fingerprint density at radius 2 is 2.08 bits per heavy atom. The van der Waals surface area contributed by atoms with Crippen molar-refractivity contribution in [1.29, 1.82) is 0 Å². The number of benzene rings is 1. The van der Waals surface area contributed by atoms with Crippen LogP contribution in [0.25, 0.3) is 0 Å². The van der Waals surface area contributed by atoms with Crippen LogP contribution in [0.4, 0.5) is 4.39 Å².